The highest BCUT2D eigenvalue weighted by molar-refractivity contribution is 6.30. The van der Waals surface area contributed by atoms with Crippen molar-refractivity contribution in [2.75, 3.05) is 18.4 Å². The van der Waals surface area contributed by atoms with Gasteiger partial charge in [-0.1, -0.05) is 41.4 Å². The second-order valence-electron chi connectivity index (χ2n) is 6.81. The number of amides is 2. The Hall–Kier alpha value is -2.33. The van der Waals surface area contributed by atoms with Crippen molar-refractivity contribution in [1.82, 2.24) is 4.90 Å². The van der Waals surface area contributed by atoms with E-state index >= 15 is 0 Å². The molecule has 4 nitrogen and oxygen atoms in total. The quantitative estimate of drug-likeness (QED) is 0.882. The largest absolute Gasteiger partial charge is 0.342 e. The number of anilines is 1. The molecule has 1 N–H and O–H groups in total. The maximum absolute atomic E-state index is 12.4. The Kier molecular flexibility index (Phi) is 5.94. The number of rotatable bonds is 4. The first-order valence-corrected chi connectivity index (χ1v) is 9.29. The number of carbonyl (C=O) groups excluding carboxylic acids is 2. The molecule has 0 unspecified atom stereocenters. The minimum absolute atomic E-state index is 0.0404. The summed E-state index contributed by atoms with van der Waals surface area (Å²) in [6.07, 6.45) is 1.77. The molecule has 0 saturated carbocycles. The number of likely N-dealkylation sites (tertiary alicyclic amines) is 1. The van der Waals surface area contributed by atoms with Crippen LogP contribution in [0.25, 0.3) is 0 Å². The third kappa shape index (κ3) is 4.85. The number of benzene rings is 2. The lowest BCUT2D eigenvalue weighted by atomic mass is 9.95. The summed E-state index contributed by atoms with van der Waals surface area (Å²) in [6, 6.07) is 15.1. The van der Waals surface area contributed by atoms with Gasteiger partial charge in [-0.05, 0) is 49.6 Å². The highest BCUT2D eigenvalue weighted by Crippen LogP contribution is 2.21. The van der Waals surface area contributed by atoms with E-state index in [-0.39, 0.29) is 17.7 Å². The van der Waals surface area contributed by atoms with Crippen molar-refractivity contribution in [3.8, 4) is 0 Å². The van der Waals surface area contributed by atoms with Gasteiger partial charge in [-0.15, -0.1) is 0 Å². The number of nitrogens with one attached hydrogen (secondary N) is 1. The molecule has 1 heterocycles. The number of carbonyl (C=O) groups is 2. The first-order chi connectivity index (χ1) is 12.5. The van der Waals surface area contributed by atoms with Crippen LogP contribution in [0.1, 0.15) is 24.0 Å². The van der Waals surface area contributed by atoms with Crippen LogP contribution in [-0.4, -0.2) is 29.8 Å². The van der Waals surface area contributed by atoms with E-state index in [9.17, 15) is 9.59 Å². The van der Waals surface area contributed by atoms with Crippen LogP contribution >= 0.6 is 11.6 Å². The summed E-state index contributed by atoms with van der Waals surface area (Å²) >= 11 is 5.88. The number of nitrogens with zero attached hydrogens (tertiary/aromatic N) is 1. The SMILES string of the molecule is Cc1ccc(NC(=O)C2CCN(C(=O)Cc3ccc(Cl)cc3)CC2)cc1. The summed E-state index contributed by atoms with van der Waals surface area (Å²) in [5.74, 6) is 0.0965. The fourth-order valence-electron chi connectivity index (χ4n) is 3.16. The van der Waals surface area contributed by atoms with E-state index in [1.54, 1.807) is 12.1 Å². The monoisotopic (exact) mass is 370 g/mol. The number of halogens is 1. The Morgan fingerprint density at radius 3 is 2.27 bits per heavy atom. The predicted octanol–water partition coefficient (Wildman–Crippen LogP) is 4.07. The Bertz CT molecular complexity index is 696. The number of piperidine rings is 1. The maximum Gasteiger partial charge on any atom is 0.227 e. The van der Waals surface area contributed by atoms with Gasteiger partial charge in [-0.3, -0.25) is 9.59 Å². The lowest BCUT2D eigenvalue weighted by molar-refractivity contribution is -0.133. The molecule has 3 rings (SSSR count). The number of aryl methyl sites for hydroxylation is 1. The van der Waals surface area contributed by atoms with Crippen LogP contribution in [0.2, 0.25) is 5.02 Å². The molecule has 2 amide bonds. The predicted molar refractivity (Wildman–Crippen MR) is 104 cm³/mol. The molecule has 5 heteroatoms. The number of hydrogen-bond acceptors (Lipinski definition) is 2. The Balaban J connectivity index is 1.48. The van der Waals surface area contributed by atoms with Gasteiger partial charge >= 0.3 is 0 Å². The van der Waals surface area contributed by atoms with Gasteiger partial charge in [0, 0.05) is 29.7 Å². The van der Waals surface area contributed by atoms with Gasteiger partial charge in [-0.2, -0.15) is 0 Å². The molecule has 0 radical (unpaired) electrons. The Morgan fingerprint density at radius 2 is 1.65 bits per heavy atom. The summed E-state index contributed by atoms with van der Waals surface area (Å²) < 4.78 is 0. The highest BCUT2D eigenvalue weighted by Gasteiger charge is 2.27. The third-order valence-corrected chi connectivity index (χ3v) is 5.06. The topological polar surface area (TPSA) is 49.4 Å². The van der Waals surface area contributed by atoms with Gasteiger partial charge in [0.2, 0.25) is 11.8 Å². The van der Waals surface area contributed by atoms with Crippen molar-refractivity contribution in [3.05, 3.63) is 64.7 Å². The van der Waals surface area contributed by atoms with Crippen LogP contribution < -0.4 is 5.32 Å². The van der Waals surface area contributed by atoms with E-state index in [0.29, 0.717) is 37.4 Å². The molecule has 0 atom stereocenters. The zero-order valence-electron chi connectivity index (χ0n) is 14.9. The molecule has 1 aliphatic heterocycles. The lowest BCUT2D eigenvalue weighted by Crippen LogP contribution is -2.42. The van der Waals surface area contributed by atoms with E-state index < -0.39 is 0 Å². The van der Waals surface area contributed by atoms with Crippen molar-refractivity contribution < 1.29 is 9.59 Å². The third-order valence-electron chi connectivity index (χ3n) is 4.81. The van der Waals surface area contributed by atoms with Crippen LogP contribution in [0.4, 0.5) is 5.69 Å². The summed E-state index contributed by atoms with van der Waals surface area (Å²) in [5.41, 5.74) is 2.94. The zero-order valence-corrected chi connectivity index (χ0v) is 15.6. The van der Waals surface area contributed by atoms with Crippen LogP contribution in [0.5, 0.6) is 0 Å². The van der Waals surface area contributed by atoms with Gasteiger partial charge in [0.15, 0.2) is 0 Å². The van der Waals surface area contributed by atoms with Crippen molar-refractivity contribution in [1.29, 1.82) is 0 Å². The van der Waals surface area contributed by atoms with E-state index in [1.165, 1.54) is 0 Å². The molecule has 1 aliphatic rings. The smallest absolute Gasteiger partial charge is 0.227 e. The minimum Gasteiger partial charge on any atom is -0.342 e. The first-order valence-electron chi connectivity index (χ1n) is 8.91. The molecule has 1 saturated heterocycles. The number of hydrogen-bond donors (Lipinski definition) is 1. The molecule has 0 bridgehead atoms. The average molecular weight is 371 g/mol. The van der Waals surface area contributed by atoms with E-state index in [4.69, 9.17) is 11.6 Å². The van der Waals surface area contributed by atoms with E-state index in [0.717, 1.165) is 16.8 Å². The summed E-state index contributed by atoms with van der Waals surface area (Å²) in [7, 11) is 0. The summed E-state index contributed by atoms with van der Waals surface area (Å²) in [4.78, 5) is 26.7. The summed E-state index contributed by atoms with van der Waals surface area (Å²) in [5, 5.41) is 3.64. The maximum atomic E-state index is 12.4. The molecule has 0 spiro atoms. The van der Waals surface area contributed by atoms with Crippen molar-refractivity contribution in [3.63, 3.8) is 0 Å². The fraction of sp³-hybridized carbons (Fsp3) is 0.333. The summed E-state index contributed by atoms with van der Waals surface area (Å²) in [6.45, 7) is 3.26. The fourth-order valence-corrected chi connectivity index (χ4v) is 3.29. The molecule has 2 aromatic rings. The van der Waals surface area contributed by atoms with Crippen molar-refractivity contribution in [2.24, 2.45) is 5.92 Å². The van der Waals surface area contributed by atoms with Gasteiger partial charge in [0.05, 0.1) is 6.42 Å². The molecule has 136 valence electrons. The van der Waals surface area contributed by atoms with Crippen LogP contribution in [0.3, 0.4) is 0 Å². The normalized spacial score (nSPS) is 14.9. The molecule has 2 aromatic carbocycles. The molecule has 0 aromatic heterocycles. The second-order valence-corrected chi connectivity index (χ2v) is 7.25. The average Bonchev–Trinajstić information content (AvgIpc) is 2.65. The minimum atomic E-state index is -0.0455. The van der Waals surface area contributed by atoms with Gasteiger partial charge in [0.25, 0.3) is 0 Å². The van der Waals surface area contributed by atoms with Crippen molar-refractivity contribution >= 4 is 29.1 Å². The highest BCUT2D eigenvalue weighted by atomic mass is 35.5. The zero-order chi connectivity index (χ0) is 18.5. The van der Waals surface area contributed by atoms with Gasteiger partial charge in [-0.25, -0.2) is 0 Å². The van der Waals surface area contributed by atoms with E-state index in [1.807, 2.05) is 48.2 Å². The van der Waals surface area contributed by atoms with E-state index in [2.05, 4.69) is 5.32 Å². The first kappa shape index (κ1) is 18.5. The van der Waals surface area contributed by atoms with Gasteiger partial charge < -0.3 is 10.2 Å². The second kappa shape index (κ2) is 8.37. The lowest BCUT2D eigenvalue weighted by Gasteiger charge is -2.31. The standard InChI is InChI=1S/C21H23ClN2O2/c1-15-2-8-19(9-3-15)23-21(26)17-10-12-24(13-11-17)20(25)14-16-4-6-18(22)7-5-16/h2-9,17H,10-14H2,1H3,(H,23,26). The Morgan fingerprint density at radius 1 is 1.04 bits per heavy atom. The van der Waals surface area contributed by atoms with Crippen LogP contribution in [0.15, 0.2) is 48.5 Å². The molecule has 26 heavy (non-hydrogen) atoms. The van der Waals surface area contributed by atoms with Crippen molar-refractivity contribution in [2.45, 2.75) is 26.2 Å². The molecule has 0 aliphatic carbocycles. The molecule has 1 fully saturated rings. The van der Waals surface area contributed by atoms with Crippen LogP contribution in [-0.2, 0) is 16.0 Å². The van der Waals surface area contributed by atoms with Crippen LogP contribution in [0, 0.1) is 12.8 Å². The molecular formula is C21H23ClN2O2. The Labute approximate surface area is 159 Å². The molecular weight excluding hydrogens is 348 g/mol. The van der Waals surface area contributed by atoms with Gasteiger partial charge in [0.1, 0.15) is 0 Å².